The second-order valence-corrected chi connectivity index (χ2v) is 20.9. The molecule has 0 fully saturated rings. The zero-order chi connectivity index (χ0) is 57.1. The minimum Gasteiger partial charge on any atom is -0.462 e. The number of hydrogen-bond donors (Lipinski definition) is 0. The first-order valence-electron chi connectivity index (χ1n) is 32.3. The molecule has 6 heteroatoms. The molecule has 0 bridgehead atoms. The van der Waals surface area contributed by atoms with Crippen molar-refractivity contribution in [2.24, 2.45) is 0 Å². The lowest BCUT2D eigenvalue weighted by Gasteiger charge is -2.18. The van der Waals surface area contributed by atoms with Gasteiger partial charge in [0.25, 0.3) is 0 Å². The molecule has 0 aliphatic heterocycles. The first-order valence-corrected chi connectivity index (χ1v) is 32.3. The summed E-state index contributed by atoms with van der Waals surface area (Å²) in [7, 11) is 0. The van der Waals surface area contributed by atoms with Crippen LogP contribution >= 0.6 is 0 Å². The van der Waals surface area contributed by atoms with Crippen LogP contribution in [0.1, 0.15) is 278 Å². The second kappa shape index (κ2) is 65.8. The first-order chi connectivity index (χ1) is 39.0. The average Bonchev–Trinajstić information content (AvgIpc) is 3.45. The van der Waals surface area contributed by atoms with Crippen LogP contribution in [0.4, 0.5) is 0 Å². The zero-order valence-electron chi connectivity index (χ0n) is 51.1. The van der Waals surface area contributed by atoms with Crippen LogP contribution in [0.2, 0.25) is 0 Å². The number of rotatable bonds is 57. The van der Waals surface area contributed by atoms with E-state index in [2.05, 4.69) is 161 Å². The predicted octanol–water partition coefficient (Wildman–Crippen LogP) is 22.3. The third-order valence-electron chi connectivity index (χ3n) is 13.3. The maximum atomic E-state index is 12.8. The molecule has 0 spiro atoms. The third kappa shape index (κ3) is 64.0. The summed E-state index contributed by atoms with van der Waals surface area (Å²) in [5.74, 6) is -1.01. The lowest BCUT2D eigenvalue weighted by molar-refractivity contribution is -0.166. The smallest absolute Gasteiger partial charge is 0.306 e. The predicted molar refractivity (Wildman–Crippen MR) is 343 cm³/mol. The number of unbranched alkanes of at least 4 members (excludes halogenated alkanes) is 22. The summed E-state index contributed by atoms with van der Waals surface area (Å²) >= 11 is 0. The van der Waals surface area contributed by atoms with Gasteiger partial charge in [-0.3, -0.25) is 14.4 Å². The Bertz CT molecular complexity index is 1730. The molecule has 1 atom stereocenters. The van der Waals surface area contributed by atoms with Crippen LogP contribution < -0.4 is 0 Å². The first kappa shape index (κ1) is 74.3. The van der Waals surface area contributed by atoms with E-state index in [1.807, 2.05) is 6.08 Å². The van der Waals surface area contributed by atoms with Crippen molar-refractivity contribution in [1.29, 1.82) is 0 Å². The summed E-state index contributed by atoms with van der Waals surface area (Å²) in [6.45, 7) is 6.31. The Morgan fingerprint density at radius 3 is 0.835 bits per heavy atom. The van der Waals surface area contributed by atoms with Gasteiger partial charge in [0.1, 0.15) is 13.2 Å². The molecule has 446 valence electrons. The molecule has 79 heavy (non-hydrogen) atoms. The minimum atomic E-state index is -0.827. The van der Waals surface area contributed by atoms with Crippen LogP contribution in [-0.2, 0) is 28.6 Å². The largest absolute Gasteiger partial charge is 0.462 e. The van der Waals surface area contributed by atoms with E-state index in [4.69, 9.17) is 14.2 Å². The molecule has 0 amide bonds. The maximum absolute atomic E-state index is 12.8. The van der Waals surface area contributed by atoms with Gasteiger partial charge in [0, 0.05) is 19.3 Å². The van der Waals surface area contributed by atoms with E-state index >= 15 is 0 Å². The molecule has 0 aliphatic rings. The summed E-state index contributed by atoms with van der Waals surface area (Å²) < 4.78 is 16.8. The average molecular weight is 1090 g/mol. The minimum absolute atomic E-state index is 0.114. The van der Waals surface area contributed by atoms with Crippen LogP contribution in [-0.4, -0.2) is 37.2 Å². The monoisotopic (exact) mass is 1090 g/mol. The van der Waals surface area contributed by atoms with E-state index in [9.17, 15) is 14.4 Å². The molecule has 0 N–H and O–H groups in total. The van der Waals surface area contributed by atoms with E-state index in [0.29, 0.717) is 19.3 Å². The van der Waals surface area contributed by atoms with Crippen LogP contribution in [0.3, 0.4) is 0 Å². The molecule has 0 saturated heterocycles. The van der Waals surface area contributed by atoms with Crippen molar-refractivity contribution >= 4 is 17.9 Å². The van der Waals surface area contributed by atoms with E-state index in [-0.39, 0.29) is 31.6 Å². The molecular formula is C73H118O6. The van der Waals surface area contributed by atoms with Gasteiger partial charge in [-0.2, -0.15) is 0 Å². The van der Waals surface area contributed by atoms with Gasteiger partial charge in [0.05, 0.1) is 0 Å². The Labute approximate surface area is 487 Å². The van der Waals surface area contributed by atoms with Crippen molar-refractivity contribution in [3.8, 4) is 0 Å². The number of allylic oxidation sites excluding steroid dienone is 24. The van der Waals surface area contributed by atoms with Gasteiger partial charge < -0.3 is 14.2 Å². The molecule has 0 saturated carbocycles. The quantitative estimate of drug-likeness (QED) is 0.0261. The molecule has 0 radical (unpaired) electrons. The van der Waals surface area contributed by atoms with Gasteiger partial charge in [0.2, 0.25) is 0 Å². The summed E-state index contributed by atoms with van der Waals surface area (Å²) in [4.78, 5) is 38.2. The molecule has 0 aromatic heterocycles. The Balaban J connectivity index is 4.29. The molecule has 0 rings (SSSR count). The lowest BCUT2D eigenvalue weighted by atomic mass is 10.0. The van der Waals surface area contributed by atoms with Crippen molar-refractivity contribution in [2.45, 2.75) is 284 Å². The number of ether oxygens (including phenoxy) is 3. The lowest BCUT2D eigenvalue weighted by Crippen LogP contribution is -2.30. The van der Waals surface area contributed by atoms with Crippen molar-refractivity contribution < 1.29 is 28.6 Å². The number of carbonyl (C=O) groups is 3. The Hall–Kier alpha value is -4.71. The topological polar surface area (TPSA) is 78.9 Å². The zero-order valence-corrected chi connectivity index (χ0v) is 51.1. The molecule has 1 unspecified atom stereocenters. The molecule has 0 aromatic carbocycles. The Morgan fingerprint density at radius 1 is 0.266 bits per heavy atom. The molecule has 6 nitrogen and oxygen atoms in total. The van der Waals surface area contributed by atoms with Gasteiger partial charge in [-0.15, -0.1) is 0 Å². The highest BCUT2D eigenvalue weighted by atomic mass is 16.6. The fraction of sp³-hybridized carbons (Fsp3) is 0.630. The Kier molecular flexibility index (Phi) is 61.9. The highest BCUT2D eigenvalue weighted by Gasteiger charge is 2.19. The van der Waals surface area contributed by atoms with Crippen LogP contribution in [0.5, 0.6) is 0 Å². The summed E-state index contributed by atoms with van der Waals surface area (Å²) in [6.07, 6.45) is 94.5. The summed E-state index contributed by atoms with van der Waals surface area (Å²) in [5, 5.41) is 0. The molecule has 0 aliphatic carbocycles. The number of carbonyl (C=O) groups excluding carboxylic acids is 3. The van der Waals surface area contributed by atoms with Gasteiger partial charge in [-0.25, -0.2) is 0 Å². The second-order valence-electron chi connectivity index (χ2n) is 20.9. The maximum Gasteiger partial charge on any atom is 0.306 e. The highest BCUT2D eigenvalue weighted by molar-refractivity contribution is 5.71. The molecular weight excluding hydrogens is 973 g/mol. The fourth-order valence-electron chi connectivity index (χ4n) is 8.54. The van der Waals surface area contributed by atoms with Crippen molar-refractivity contribution in [3.05, 3.63) is 146 Å². The van der Waals surface area contributed by atoms with Crippen LogP contribution in [0.25, 0.3) is 0 Å². The highest BCUT2D eigenvalue weighted by Crippen LogP contribution is 2.16. The van der Waals surface area contributed by atoms with E-state index in [0.717, 1.165) is 122 Å². The van der Waals surface area contributed by atoms with Crippen molar-refractivity contribution in [2.75, 3.05) is 13.2 Å². The van der Waals surface area contributed by atoms with Crippen molar-refractivity contribution in [3.63, 3.8) is 0 Å². The van der Waals surface area contributed by atoms with E-state index < -0.39 is 12.1 Å². The standard InChI is InChI=1S/C73H118O6/c1-4-7-10-13-16-19-22-24-26-28-30-31-32-33-34-35-36-37-38-39-40-41-43-44-46-48-51-54-57-60-63-66-72(75)78-69-70(68-77-71(74)65-62-59-56-53-50-21-18-15-12-9-6-3)79-73(76)67-64-61-58-55-52-49-47-45-42-29-27-25-23-20-17-14-11-8-5-2/h7-8,10-11,15-20,24-27,30-31,33-34,42,45,49,52,58,61,70H,4-6,9,12-14,21-23,28-29,32,35-41,43-44,46-48,50-51,53-57,59-60,62-69H2,1-3H3/b10-7-,11-8-,18-15-,19-16-,20-17-,26-24-,27-25-,31-30-,34-33-,45-42-,52-49-,61-58-. The summed E-state index contributed by atoms with van der Waals surface area (Å²) in [5.41, 5.74) is 0. The van der Waals surface area contributed by atoms with Gasteiger partial charge in [-0.05, 0) is 122 Å². The summed E-state index contributed by atoms with van der Waals surface area (Å²) in [6, 6.07) is 0. The van der Waals surface area contributed by atoms with Gasteiger partial charge in [0.15, 0.2) is 6.10 Å². The third-order valence-corrected chi connectivity index (χ3v) is 13.3. The van der Waals surface area contributed by atoms with Crippen molar-refractivity contribution in [1.82, 2.24) is 0 Å². The SMILES string of the molecule is CC/C=C\C/C=C\C/C=C\C/C=C\C/C=C\C/C=C\CCC(=O)OC(COC(=O)CCCCCCC/C=C\CCCC)COC(=O)CCCCCCCCCCCCCCCCC/C=C\C/C=C\C/C=C\C/C=C\C/C=C\CC. The molecule has 0 aromatic rings. The number of esters is 3. The number of hydrogen-bond acceptors (Lipinski definition) is 6. The van der Waals surface area contributed by atoms with Gasteiger partial charge in [-0.1, -0.05) is 282 Å². The van der Waals surface area contributed by atoms with Gasteiger partial charge >= 0.3 is 17.9 Å². The Morgan fingerprint density at radius 2 is 0.519 bits per heavy atom. The van der Waals surface area contributed by atoms with Crippen LogP contribution in [0, 0.1) is 0 Å². The molecule has 0 heterocycles. The normalized spacial score (nSPS) is 13.1. The van der Waals surface area contributed by atoms with Crippen LogP contribution in [0.15, 0.2) is 146 Å². The van der Waals surface area contributed by atoms with E-state index in [1.165, 1.54) is 109 Å². The fourth-order valence-corrected chi connectivity index (χ4v) is 8.54. The van der Waals surface area contributed by atoms with E-state index in [1.54, 1.807) is 0 Å².